The molecule has 0 atom stereocenters. The van der Waals surface area contributed by atoms with E-state index in [4.69, 9.17) is 0 Å². The summed E-state index contributed by atoms with van der Waals surface area (Å²) >= 11 is 0. The first kappa shape index (κ1) is 18.6. The van der Waals surface area contributed by atoms with Gasteiger partial charge < -0.3 is 0 Å². The Morgan fingerprint density at radius 3 is 1.22 bits per heavy atom. The Morgan fingerprint density at radius 1 is 0.219 bits per heavy atom. The van der Waals surface area contributed by atoms with Crippen molar-refractivity contribution in [2.45, 2.75) is 0 Å². The minimum absolute atomic E-state index is 1.23. The maximum atomic E-state index is 2.32. The number of benzene rings is 6. The SMILES string of the molecule is c1ccc(-c2cc(-c3ccccc3)cc(-c3ccc4cc5ccccc5cc4c3)c2)cc1. The molecule has 6 aromatic carbocycles. The highest BCUT2D eigenvalue weighted by molar-refractivity contribution is 6.00. The summed E-state index contributed by atoms with van der Waals surface area (Å²) in [6, 6.07) is 48.1. The van der Waals surface area contributed by atoms with Crippen LogP contribution in [-0.4, -0.2) is 0 Å². The van der Waals surface area contributed by atoms with Crippen LogP contribution in [0.4, 0.5) is 0 Å². The van der Waals surface area contributed by atoms with Gasteiger partial charge in [-0.15, -0.1) is 0 Å². The molecule has 32 heavy (non-hydrogen) atoms. The molecule has 0 saturated heterocycles. The fourth-order valence-electron chi connectivity index (χ4n) is 4.51. The molecule has 0 aliphatic carbocycles. The molecule has 0 aromatic heterocycles. The lowest BCUT2D eigenvalue weighted by molar-refractivity contribution is 1.57. The summed E-state index contributed by atoms with van der Waals surface area (Å²) < 4.78 is 0. The lowest BCUT2D eigenvalue weighted by Gasteiger charge is -2.12. The summed E-state index contributed by atoms with van der Waals surface area (Å²) in [5, 5.41) is 5.10. The first-order valence-corrected chi connectivity index (χ1v) is 11.0. The van der Waals surface area contributed by atoms with Gasteiger partial charge in [0.2, 0.25) is 0 Å². The van der Waals surface area contributed by atoms with Crippen molar-refractivity contribution in [3.05, 3.63) is 133 Å². The third kappa shape index (κ3) is 3.46. The van der Waals surface area contributed by atoms with Gasteiger partial charge in [-0.1, -0.05) is 97.1 Å². The van der Waals surface area contributed by atoms with Gasteiger partial charge in [0.25, 0.3) is 0 Å². The van der Waals surface area contributed by atoms with Gasteiger partial charge in [-0.2, -0.15) is 0 Å². The monoisotopic (exact) mass is 406 g/mol. The first-order valence-electron chi connectivity index (χ1n) is 11.0. The Bertz CT molecular complexity index is 1490. The molecule has 0 saturated carbocycles. The molecule has 0 amide bonds. The predicted octanol–water partition coefficient (Wildman–Crippen LogP) is 8.99. The third-order valence-corrected chi connectivity index (χ3v) is 6.19. The molecule has 0 spiro atoms. The molecule has 0 radical (unpaired) electrons. The van der Waals surface area contributed by atoms with Crippen LogP contribution in [0.25, 0.3) is 54.9 Å². The Labute approximate surface area is 188 Å². The molecular formula is C32H22. The molecule has 6 rings (SSSR count). The molecule has 0 heteroatoms. The van der Waals surface area contributed by atoms with E-state index in [1.165, 1.54) is 54.9 Å². The summed E-state index contributed by atoms with van der Waals surface area (Å²) in [5.41, 5.74) is 7.42. The quantitative estimate of drug-likeness (QED) is 0.257. The maximum Gasteiger partial charge on any atom is -0.0171 e. The molecule has 0 N–H and O–H groups in total. The van der Waals surface area contributed by atoms with Crippen molar-refractivity contribution in [2.24, 2.45) is 0 Å². The minimum Gasteiger partial charge on any atom is -0.0622 e. The van der Waals surface area contributed by atoms with E-state index in [2.05, 4.69) is 133 Å². The molecule has 0 bridgehead atoms. The van der Waals surface area contributed by atoms with Gasteiger partial charge in [0.15, 0.2) is 0 Å². The smallest absolute Gasteiger partial charge is 0.0171 e. The Kier molecular flexibility index (Phi) is 4.55. The first-order chi connectivity index (χ1) is 15.8. The molecule has 0 nitrogen and oxygen atoms in total. The standard InChI is InChI=1S/C32H22/c1-3-9-23(10-4-1)29-20-30(24-11-5-2-6-12-24)22-32(21-29)28-16-15-27-17-25-13-7-8-14-26(25)18-31(27)19-28/h1-22H. The fourth-order valence-corrected chi connectivity index (χ4v) is 4.51. The van der Waals surface area contributed by atoms with E-state index in [1.807, 2.05) is 0 Å². The van der Waals surface area contributed by atoms with E-state index in [1.54, 1.807) is 0 Å². The van der Waals surface area contributed by atoms with Crippen molar-refractivity contribution in [3.63, 3.8) is 0 Å². The van der Waals surface area contributed by atoms with E-state index < -0.39 is 0 Å². The average Bonchev–Trinajstić information content (AvgIpc) is 2.88. The molecule has 150 valence electrons. The lowest BCUT2D eigenvalue weighted by Crippen LogP contribution is -1.86. The summed E-state index contributed by atoms with van der Waals surface area (Å²) in [4.78, 5) is 0. The van der Waals surface area contributed by atoms with Crippen LogP contribution in [0.3, 0.4) is 0 Å². The third-order valence-electron chi connectivity index (χ3n) is 6.19. The van der Waals surface area contributed by atoms with Crippen molar-refractivity contribution in [3.8, 4) is 33.4 Å². The Morgan fingerprint density at radius 2 is 0.656 bits per heavy atom. The van der Waals surface area contributed by atoms with Gasteiger partial charge in [-0.3, -0.25) is 0 Å². The van der Waals surface area contributed by atoms with Gasteiger partial charge >= 0.3 is 0 Å². The van der Waals surface area contributed by atoms with Crippen LogP contribution in [0.5, 0.6) is 0 Å². The van der Waals surface area contributed by atoms with Crippen molar-refractivity contribution in [2.75, 3.05) is 0 Å². The van der Waals surface area contributed by atoms with E-state index >= 15 is 0 Å². The highest BCUT2D eigenvalue weighted by atomic mass is 14.1. The molecule has 0 heterocycles. The fraction of sp³-hybridized carbons (Fsp3) is 0. The minimum atomic E-state index is 1.23. The normalized spacial score (nSPS) is 11.1. The van der Waals surface area contributed by atoms with Crippen LogP contribution in [0.15, 0.2) is 133 Å². The van der Waals surface area contributed by atoms with E-state index in [-0.39, 0.29) is 0 Å². The zero-order valence-corrected chi connectivity index (χ0v) is 17.7. The van der Waals surface area contributed by atoms with E-state index in [0.29, 0.717) is 0 Å². The zero-order chi connectivity index (χ0) is 21.3. The van der Waals surface area contributed by atoms with Crippen molar-refractivity contribution >= 4 is 21.5 Å². The summed E-state index contributed by atoms with van der Waals surface area (Å²) in [7, 11) is 0. The van der Waals surface area contributed by atoms with Crippen LogP contribution < -0.4 is 0 Å². The van der Waals surface area contributed by atoms with Crippen LogP contribution >= 0.6 is 0 Å². The molecule has 0 unspecified atom stereocenters. The zero-order valence-electron chi connectivity index (χ0n) is 17.7. The van der Waals surface area contributed by atoms with Gasteiger partial charge in [0, 0.05) is 0 Å². The van der Waals surface area contributed by atoms with E-state index in [0.717, 1.165) is 0 Å². The van der Waals surface area contributed by atoms with E-state index in [9.17, 15) is 0 Å². The van der Waals surface area contributed by atoms with Gasteiger partial charge in [-0.25, -0.2) is 0 Å². The van der Waals surface area contributed by atoms with Crippen molar-refractivity contribution in [1.29, 1.82) is 0 Å². The summed E-state index contributed by atoms with van der Waals surface area (Å²) in [5.74, 6) is 0. The molecular weight excluding hydrogens is 384 g/mol. The van der Waals surface area contributed by atoms with Gasteiger partial charge in [-0.05, 0) is 91.3 Å². The van der Waals surface area contributed by atoms with Crippen LogP contribution in [-0.2, 0) is 0 Å². The molecule has 0 aliphatic heterocycles. The number of rotatable bonds is 3. The second-order valence-electron chi connectivity index (χ2n) is 8.29. The molecule has 6 aromatic rings. The summed E-state index contributed by atoms with van der Waals surface area (Å²) in [6.07, 6.45) is 0. The number of hydrogen-bond donors (Lipinski definition) is 0. The van der Waals surface area contributed by atoms with Crippen molar-refractivity contribution in [1.82, 2.24) is 0 Å². The Hall–Kier alpha value is -4.16. The molecule has 0 fully saturated rings. The van der Waals surface area contributed by atoms with Crippen LogP contribution in [0.1, 0.15) is 0 Å². The second kappa shape index (κ2) is 7.83. The van der Waals surface area contributed by atoms with Crippen LogP contribution in [0.2, 0.25) is 0 Å². The molecule has 0 aliphatic rings. The highest BCUT2D eigenvalue weighted by Gasteiger charge is 2.08. The van der Waals surface area contributed by atoms with Crippen molar-refractivity contribution < 1.29 is 0 Å². The number of hydrogen-bond acceptors (Lipinski definition) is 0. The maximum absolute atomic E-state index is 2.32. The summed E-state index contributed by atoms with van der Waals surface area (Å²) in [6.45, 7) is 0. The Balaban J connectivity index is 1.55. The predicted molar refractivity (Wildman–Crippen MR) is 138 cm³/mol. The largest absolute Gasteiger partial charge is 0.0622 e. The number of fused-ring (bicyclic) bond motifs is 2. The van der Waals surface area contributed by atoms with Gasteiger partial charge in [0.05, 0.1) is 0 Å². The highest BCUT2D eigenvalue weighted by Crippen LogP contribution is 2.34. The second-order valence-corrected chi connectivity index (χ2v) is 8.29. The van der Waals surface area contributed by atoms with Gasteiger partial charge in [0.1, 0.15) is 0 Å². The lowest BCUT2D eigenvalue weighted by atomic mass is 9.92. The topological polar surface area (TPSA) is 0 Å². The van der Waals surface area contributed by atoms with Crippen LogP contribution in [0, 0.1) is 0 Å². The average molecular weight is 407 g/mol.